The van der Waals surface area contributed by atoms with Crippen LogP contribution in [0, 0.1) is 18.3 Å². The molecule has 2 heterocycles. The van der Waals surface area contributed by atoms with E-state index in [-0.39, 0.29) is 0 Å². The zero-order valence-electron chi connectivity index (χ0n) is 8.73. The van der Waals surface area contributed by atoms with Gasteiger partial charge in [0.05, 0.1) is 5.56 Å². The molecule has 0 saturated heterocycles. The summed E-state index contributed by atoms with van der Waals surface area (Å²) >= 11 is 0. The van der Waals surface area contributed by atoms with Crippen LogP contribution in [0.1, 0.15) is 11.3 Å². The fourth-order valence-corrected chi connectivity index (χ4v) is 1.61. The Morgan fingerprint density at radius 3 is 2.53 bits per heavy atom. The molecule has 3 heteroatoms. The average molecular weight is 197 g/mol. The molecule has 0 spiro atoms. The van der Waals surface area contributed by atoms with E-state index in [1.54, 1.807) is 12.4 Å². The summed E-state index contributed by atoms with van der Waals surface area (Å²) in [5.74, 6) is 0. The molecule has 0 aliphatic carbocycles. The van der Waals surface area contributed by atoms with Crippen molar-refractivity contribution in [1.29, 1.82) is 5.26 Å². The predicted molar refractivity (Wildman–Crippen MR) is 58.1 cm³/mol. The molecule has 15 heavy (non-hydrogen) atoms. The van der Waals surface area contributed by atoms with Crippen molar-refractivity contribution >= 4 is 0 Å². The van der Waals surface area contributed by atoms with Crippen molar-refractivity contribution in [2.24, 2.45) is 7.05 Å². The minimum absolute atomic E-state index is 0.726. The molecule has 0 N–H and O–H groups in total. The van der Waals surface area contributed by atoms with Crippen molar-refractivity contribution in [3.63, 3.8) is 0 Å². The fraction of sp³-hybridized carbons (Fsp3) is 0.167. The second-order valence-corrected chi connectivity index (χ2v) is 3.44. The van der Waals surface area contributed by atoms with Crippen molar-refractivity contribution in [3.05, 3.63) is 41.9 Å². The smallest absolute Gasteiger partial charge is 0.101 e. The van der Waals surface area contributed by atoms with Crippen LogP contribution in [0.3, 0.4) is 0 Å². The van der Waals surface area contributed by atoms with Gasteiger partial charge >= 0.3 is 0 Å². The summed E-state index contributed by atoms with van der Waals surface area (Å²) in [6.45, 7) is 1.95. The number of aromatic nitrogens is 2. The van der Waals surface area contributed by atoms with E-state index in [1.807, 2.05) is 36.7 Å². The Morgan fingerprint density at radius 2 is 2.00 bits per heavy atom. The van der Waals surface area contributed by atoms with E-state index in [0.717, 1.165) is 22.5 Å². The minimum Gasteiger partial charge on any atom is -0.347 e. The van der Waals surface area contributed by atoms with E-state index < -0.39 is 0 Å². The first-order chi connectivity index (χ1) is 7.24. The van der Waals surface area contributed by atoms with E-state index in [2.05, 4.69) is 11.1 Å². The summed E-state index contributed by atoms with van der Waals surface area (Å²) in [5.41, 5.74) is 3.84. The van der Waals surface area contributed by atoms with Gasteiger partial charge in [-0.05, 0) is 25.1 Å². The Kier molecular flexibility index (Phi) is 2.26. The molecule has 74 valence electrons. The summed E-state index contributed by atoms with van der Waals surface area (Å²) in [6, 6.07) is 7.98. The Morgan fingerprint density at radius 1 is 1.33 bits per heavy atom. The number of pyridine rings is 1. The first kappa shape index (κ1) is 9.47. The minimum atomic E-state index is 0.726. The second-order valence-electron chi connectivity index (χ2n) is 3.44. The largest absolute Gasteiger partial charge is 0.347 e. The van der Waals surface area contributed by atoms with Crippen molar-refractivity contribution in [1.82, 2.24) is 9.55 Å². The highest BCUT2D eigenvalue weighted by Gasteiger charge is 2.09. The number of hydrogen-bond donors (Lipinski definition) is 0. The quantitative estimate of drug-likeness (QED) is 0.703. The molecule has 0 aliphatic heterocycles. The summed E-state index contributed by atoms with van der Waals surface area (Å²) in [5, 5.41) is 8.93. The molecule has 2 aromatic heterocycles. The lowest BCUT2D eigenvalue weighted by atomic mass is 10.2. The highest BCUT2D eigenvalue weighted by molar-refractivity contribution is 5.63. The number of nitriles is 1. The van der Waals surface area contributed by atoms with E-state index >= 15 is 0 Å². The van der Waals surface area contributed by atoms with Gasteiger partial charge in [0.1, 0.15) is 6.07 Å². The van der Waals surface area contributed by atoms with Crippen LogP contribution >= 0.6 is 0 Å². The van der Waals surface area contributed by atoms with Crippen LogP contribution in [0.25, 0.3) is 11.3 Å². The zero-order valence-corrected chi connectivity index (χ0v) is 8.73. The van der Waals surface area contributed by atoms with Crippen LogP contribution in [-0.2, 0) is 7.05 Å². The third-order valence-corrected chi connectivity index (χ3v) is 2.63. The Bertz CT molecular complexity index is 518. The predicted octanol–water partition coefficient (Wildman–Crippen LogP) is 2.27. The van der Waals surface area contributed by atoms with Crippen LogP contribution in [0.2, 0.25) is 0 Å². The highest BCUT2D eigenvalue weighted by Crippen LogP contribution is 2.23. The van der Waals surface area contributed by atoms with Gasteiger partial charge in [-0.25, -0.2) is 0 Å². The lowest BCUT2D eigenvalue weighted by molar-refractivity contribution is 0.888. The molecule has 0 atom stereocenters. The normalized spacial score (nSPS) is 9.93. The SMILES string of the molecule is Cc1c(C#N)cc(-c2ccncc2)n1C. The molecule has 0 radical (unpaired) electrons. The second kappa shape index (κ2) is 3.58. The average Bonchev–Trinajstić information content (AvgIpc) is 2.57. The fourth-order valence-electron chi connectivity index (χ4n) is 1.61. The van der Waals surface area contributed by atoms with Gasteiger partial charge in [0.2, 0.25) is 0 Å². The molecule has 2 rings (SSSR count). The molecule has 3 nitrogen and oxygen atoms in total. The first-order valence-electron chi connectivity index (χ1n) is 4.71. The number of nitrogens with zero attached hydrogens (tertiary/aromatic N) is 3. The Hall–Kier alpha value is -2.08. The topological polar surface area (TPSA) is 41.6 Å². The van der Waals surface area contributed by atoms with Crippen molar-refractivity contribution < 1.29 is 0 Å². The molecular weight excluding hydrogens is 186 g/mol. The summed E-state index contributed by atoms with van der Waals surface area (Å²) in [4.78, 5) is 3.98. The van der Waals surface area contributed by atoms with Gasteiger partial charge in [-0.3, -0.25) is 4.98 Å². The lowest BCUT2D eigenvalue weighted by Gasteiger charge is -2.03. The molecular formula is C12H11N3. The molecule has 0 saturated carbocycles. The van der Waals surface area contributed by atoms with Crippen molar-refractivity contribution in [2.45, 2.75) is 6.92 Å². The first-order valence-corrected chi connectivity index (χ1v) is 4.71. The number of hydrogen-bond acceptors (Lipinski definition) is 2. The number of rotatable bonds is 1. The van der Waals surface area contributed by atoms with Crippen LogP contribution in [-0.4, -0.2) is 9.55 Å². The van der Waals surface area contributed by atoms with Crippen LogP contribution in [0.15, 0.2) is 30.6 Å². The Labute approximate surface area is 88.6 Å². The van der Waals surface area contributed by atoms with Gasteiger partial charge in [-0.2, -0.15) is 5.26 Å². The van der Waals surface area contributed by atoms with E-state index in [0.29, 0.717) is 0 Å². The molecule has 0 aliphatic rings. The van der Waals surface area contributed by atoms with Crippen molar-refractivity contribution in [2.75, 3.05) is 0 Å². The maximum Gasteiger partial charge on any atom is 0.101 e. The van der Waals surface area contributed by atoms with Gasteiger partial charge in [-0.1, -0.05) is 0 Å². The van der Waals surface area contributed by atoms with Gasteiger partial charge < -0.3 is 4.57 Å². The van der Waals surface area contributed by atoms with Gasteiger partial charge in [0.15, 0.2) is 0 Å². The van der Waals surface area contributed by atoms with Gasteiger partial charge in [-0.15, -0.1) is 0 Å². The molecule has 0 fully saturated rings. The Balaban J connectivity index is 2.61. The highest BCUT2D eigenvalue weighted by atomic mass is 15.0. The summed E-state index contributed by atoms with van der Waals surface area (Å²) < 4.78 is 2.02. The molecule has 0 aromatic carbocycles. The maximum absolute atomic E-state index is 8.93. The summed E-state index contributed by atoms with van der Waals surface area (Å²) in [7, 11) is 1.96. The molecule has 0 unspecified atom stereocenters. The van der Waals surface area contributed by atoms with Crippen LogP contribution in [0.5, 0.6) is 0 Å². The molecule has 0 bridgehead atoms. The monoisotopic (exact) mass is 197 g/mol. The van der Waals surface area contributed by atoms with E-state index in [9.17, 15) is 0 Å². The van der Waals surface area contributed by atoms with E-state index in [1.165, 1.54) is 0 Å². The summed E-state index contributed by atoms with van der Waals surface area (Å²) in [6.07, 6.45) is 3.51. The molecule has 2 aromatic rings. The molecule has 0 amide bonds. The zero-order chi connectivity index (χ0) is 10.8. The van der Waals surface area contributed by atoms with Gasteiger partial charge in [0.25, 0.3) is 0 Å². The maximum atomic E-state index is 8.93. The van der Waals surface area contributed by atoms with Crippen LogP contribution < -0.4 is 0 Å². The third-order valence-electron chi connectivity index (χ3n) is 2.63. The van der Waals surface area contributed by atoms with E-state index in [4.69, 9.17) is 5.26 Å². The van der Waals surface area contributed by atoms with Gasteiger partial charge in [0, 0.05) is 36.4 Å². The standard InChI is InChI=1S/C12H11N3/c1-9-11(8-13)7-12(15(9)2)10-3-5-14-6-4-10/h3-7H,1-2H3. The van der Waals surface area contributed by atoms with Crippen molar-refractivity contribution in [3.8, 4) is 17.3 Å². The lowest BCUT2D eigenvalue weighted by Crippen LogP contribution is -1.94. The third kappa shape index (κ3) is 1.50. The van der Waals surface area contributed by atoms with Crippen LogP contribution in [0.4, 0.5) is 0 Å².